The number of hydrogen-bond acceptors (Lipinski definition) is 4. The zero-order valence-corrected chi connectivity index (χ0v) is 11.9. The molecule has 1 rings (SSSR count). The van der Waals surface area contributed by atoms with Crippen LogP contribution in [0.25, 0.3) is 0 Å². The highest BCUT2D eigenvalue weighted by atomic mass is 32.2. The molecule has 0 atom stereocenters. The SMILES string of the molecule is CC(C)(C)CCNS(=O)(=O)c1ccc(CN)nc1. The van der Waals surface area contributed by atoms with E-state index in [1.54, 1.807) is 6.07 Å². The fraction of sp³-hybridized carbons (Fsp3) is 0.583. The van der Waals surface area contributed by atoms with Gasteiger partial charge in [-0.25, -0.2) is 13.1 Å². The zero-order chi connectivity index (χ0) is 13.8. The highest BCUT2D eigenvalue weighted by Gasteiger charge is 2.16. The number of rotatable bonds is 5. The first-order valence-corrected chi connectivity index (χ1v) is 7.37. The molecular weight excluding hydrogens is 250 g/mol. The number of sulfonamides is 1. The number of nitrogens with two attached hydrogens (primary N) is 1. The first-order valence-electron chi connectivity index (χ1n) is 5.89. The van der Waals surface area contributed by atoms with E-state index in [0.717, 1.165) is 6.42 Å². The van der Waals surface area contributed by atoms with Gasteiger partial charge in [-0.05, 0) is 24.0 Å². The topological polar surface area (TPSA) is 85.1 Å². The Kier molecular flexibility index (Phi) is 4.84. The minimum Gasteiger partial charge on any atom is -0.325 e. The third-order valence-corrected chi connectivity index (χ3v) is 3.93. The van der Waals surface area contributed by atoms with Gasteiger partial charge in [0, 0.05) is 19.3 Å². The van der Waals surface area contributed by atoms with Gasteiger partial charge < -0.3 is 5.73 Å². The number of pyridine rings is 1. The maximum absolute atomic E-state index is 11.9. The van der Waals surface area contributed by atoms with E-state index in [4.69, 9.17) is 5.73 Å². The van der Waals surface area contributed by atoms with E-state index in [0.29, 0.717) is 18.8 Å². The molecule has 0 saturated heterocycles. The molecule has 0 aliphatic rings. The Balaban J connectivity index is 2.68. The van der Waals surface area contributed by atoms with E-state index in [9.17, 15) is 8.42 Å². The van der Waals surface area contributed by atoms with Gasteiger partial charge in [-0.15, -0.1) is 0 Å². The molecule has 102 valence electrons. The third-order valence-electron chi connectivity index (χ3n) is 2.48. The molecule has 0 radical (unpaired) electrons. The highest BCUT2D eigenvalue weighted by molar-refractivity contribution is 7.89. The molecule has 0 amide bonds. The average molecular weight is 271 g/mol. The molecule has 0 saturated carbocycles. The molecule has 1 aromatic rings. The monoisotopic (exact) mass is 271 g/mol. The van der Waals surface area contributed by atoms with Gasteiger partial charge >= 0.3 is 0 Å². The van der Waals surface area contributed by atoms with Crippen LogP contribution >= 0.6 is 0 Å². The van der Waals surface area contributed by atoms with Crippen molar-refractivity contribution in [2.75, 3.05) is 6.54 Å². The Bertz CT molecular complexity index is 475. The summed E-state index contributed by atoms with van der Waals surface area (Å²) in [5.41, 5.74) is 6.18. The van der Waals surface area contributed by atoms with Crippen LogP contribution in [0.5, 0.6) is 0 Å². The van der Waals surface area contributed by atoms with Crippen LogP contribution < -0.4 is 10.5 Å². The Morgan fingerprint density at radius 1 is 1.33 bits per heavy atom. The van der Waals surface area contributed by atoms with Crippen molar-refractivity contribution in [2.45, 2.75) is 38.6 Å². The number of nitrogens with one attached hydrogen (secondary N) is 1. The minimum absolute atomic E-state index is 0.101. The predicted octanol–water partition coefficient (Wildman–Crippen LogP) is 1.25. The Morgan fingerprint density at radius 2 is 2.00 bits per heavy atom. The summed E-state index contributed by atoms with van der Waals surface area (Å²) >= 11 is 0. The molecule has 1 aromatic heterocycles. The number of hydrogen-bond donors (Lipinski definition) is 2. The molecule has 0 spiro atoms. The van der Waals surface area contributed by atoms with Crippen LogP contribution in [0.2, 0.25) is 0 Å². The standard InChI is InChI=1S/C12H21N3O2S/c1-12(2,3)6-7-15-18(16,17)11-5-4-10(8-13)14-9-11/h4-5,9,15H,6-8,13H2,1-3H3. The Hall–Kier alpha value is -0.980. The van der Waals surface area contributed by atoms with Crippen LogP contribution in [0.1, 0.15) is 32.9 Å². The summed E-state index contributed by atoms with van der Waals surface area (Å²) in [7, 11) is -3.46. The van der Waals surface area contributed by atoms with Gasteiger partial charge in [0.15, 0.2) is 0 Å². The largest absolute Gasteiger partial charge is 0.325 e. The number of nitrogens with zero attached hydrogens (tertiary/aromatic N) is 1. The van der Waals surface area contributed by atoms with Crippen molar-refractivity contribution >= 4 is 10.0 Å². The Labute approximate surface area is 109 Å². The van der Waals surface area contributed by atoms with E-state index in [2.05, 4.69) is 30.5 Å². The molecule has 0 aliphatic carbocycles. The van der Waals surface area contributed by atoms with E-state index in [1.807, 2.05) is 0 Å². The second kappa shape index (κ2) is 5.77. The molecule has 0 aliphatic heterocycles. The molecule has 5 nitrogen and oxygen atoms in total. The molecule has 0 unspecified atom stereocenters. The van der Waals surface area contributed by atoms with E-state index in [1.165, 1.54) is 12.3 Å². The molecular formula is C12H21N3O2S. The normalized spacial score (nSPS) is 12.7. The second-order valence-electron chi connectivity index (χ2n) is 5.40. The van der Waals surface area contributed by atoms with Crippen molar-refractivity contribution < 1.29 is 8.42 Å². The summed E-state index contributed by atoms with van der Waals surface area (Å²) in [4.78, 5) is 4.15. The quantitative estimate of drug-likeness (QED) is 0.844. The van der Waals surface area contributed by atoms with Crippen LogP contribution in [0, 0.1) is 5.41 Å². The van der Waals surface area contributed by atoms with E-state index < -0.39 is 10.0 Å². The van der Waals surface area contributed by atoms with Crippen molar-refractivity contribution in [1.29, 1.82) is 0 Å². The first kappa shape index (κ1) is 15.1. The lowest BCUT2D eigenvalue weighted by Crippen LogP contribution is -2.27. The highest BCUT2D eigenvalue weighted by Crippen LogP contribution is 2.17. The second-order valence-corrected chi connectivity index (χ2v) is 7.16. The lowest BCUT2D eigenvalue weighted by atomic mass is 9.93. The van der Waals surface area contributed by atoms with Crippen molar-refractivity contribution in [2.24, 2.45) is 11.1 Å². The molecule has 0 bridgehead atoms. The smallest absolute Gasteiger partial charge is 0.242 e. The van der Waals surface area contributed by atoms with Crippen LogP contribution in [0.3, 0.4) is 0 Å². The van der Waals surface area contributed by atoms with Gasteiger partial charge in [-0.2, -0.15) is 0 Å². The summed E-state index contributed by atoms with van der Waals surface area (Å²) in [5.74, 6) is 0. The minimum atomic E-state index is -3.46. The van der Waals surface area contributed by atoms with Crippen LogP contribution in [0.15, 0.2) is 23.2 Å². The Morgan fingerprint density at radius 3 is 2.44 bits per heavy atom. The summed E-state index contributed by atoms with van der Waals surface area (Å²) in [6, 6.07) is 3.15. The average Bonchev–Trinajstić information content (AvgIpc) is 2.27. The third kappa shape index (κ3) is 4.72. The summed E-state index contributed by atoms with van der Waals surface area (Å²) in [5, 5.41) is 0. The predicted molar refractivity (Wildman–Crippen MR) is 71.4 cm³/mol. The molecule has 3 N–H and O–H groups in total. The van der Waals surface area contributed by atoms with Gasteiger partial charge in [0.2, 0.25) is 10.0 Å². The molecule has 0 aromatic carbocycles. The molecule has 18 heavy (non-hydrogen) atoms. The van der Waals surface area contributed by atoms with Crippen LogP contribution in [-0.4, -0.2) is 19.9 Å². The summed E-state index contributed by atoms with van der Waals surface area (Å²) < 4.78 is 26.4. The van der Waals surface area contributed by atoms with Gasteiger partial charge in [0.05, 0.1) is 5.69 Å². The lowest BCUT2D eigenvalue weighted by Gasteiger charge is -2.18. The fourth-order valence-corrected chi connectivity index (χ4v) is 2.31. The summed E-state index contributed by atoms with van der Waals surface area (Å²) in [6.07, 6.45) is 2.11. The summed E-state index contributed by atoms with van der Waals surface area (Å²) in [6.45, 7) is 6.93. The van der Waals surface area contributed by atoms with Gasteiger partial charge in [0.25, 0.3) is 0 Å². The van der Waals surface area contributed by atoms with Crippen molar-refractivity contribution in [3.8, 4) is 0 Å². The maximum Gasteiger partial charge on any atom is 0.242 e. The van der Waals surface area contributed by atoms with Crippen LogP contribution in [-0.2, 0) is 16.6 Å². The molecule has 1 heterocycles. The molecule has 6 heteroatoms. The number of aromatic nitrogens is 1. The lowest BCUT2D eigenvalue weighted by molar-refractivity contribution is 0.378. The zero-order valence-electron chi connectivity index (χ0n) is 11.1. The van der Waals surface area contributed by atoms with Crippen LogP contribution in [0.4, 0.5) is 0 Å². The molecule has 0 fully saturated rings. The van der Waals surface area contributed by atoms with E-state index >= 15 is 0 Å². The van der Waals surface area contributed by atoms with E-state index in [-0.39, 0.29) is 10.3 Å². The van der Waals surface area contributed by atoms with Gasteiger partial charge in [0.1, 0.15) is 4.90 Å². The van der Waals surface area contributed by atoms with Gasteiger partial charge in [-0.1, -0.05) is 20.8 Å². The van der Waals surface area contributed by atoms with Crippen molar-refractivity contribution in [3.63, 3.8) is 0 Å². The van der Waals surface area contributed by atoms with Crippen molar-refractivity contribution in [1.82, 2.24) is 9.71 Å². The maximum atomic E-state index is 11.9. The first-order chi connectivity index (χ1) is 8.24. The van der Waals surface area contributed by atoms with Gasteiger partial charge in [-0.3, -0.25) is 4.98 Å². The fourth-order valence-electron chi connectivity index (χ4n) is 1.33. The van der Waals surface area contributed by atoms with Crippen molar-refractivity contribution in [3.05, 3.63) is 24.0 Å².